The molecule has 0 aliphatic carbocycles. The van der Waals surface area contributed by atoms with Gasteiger partial charge < -0.3 is 20.5 Å². The number of hydrogen-bond donors (Lipinski definition) is 6. The minimum atomic E-state index is -1.16. The van der Waals surface area contributed by atoms with Gasteiger partial charge in [-0.3, -0.25) is 15.8 Å². The van der Waals surface area contributed by atoms with E-state index in [9.17, 15) is 9.18 Å². The summed E-state index contributed by atoms with van der Waals surface area (Å²) in [6.07, 6.45) is 4.01. The van der Waals surface area contributed by atoms with Crippen LogP contribution in [-0.2, 0) is 6.54 Å². The van der Waals surface area contributed by atoms with Gasteiger partial charge in [0.2, 0.25) is 0 Å². The number of hydrazine groups is 2. The van der Waals surface area contributed by atoms with Gasteiger partial charge in [-0.2, -0.15) is 0 Å². The topological polar surface area (TPSA) is 151 Å². The number of benzene rings is 2. The van der Waals surface area contributed by atoms with Crippen molar-refractivity contribution in [3.8, 4) is 0 Å². The standard InChI is InChI=1S/C23H26FN7O2.C3H9N.C3H8O.C2H6/c1-15(2)21-22(27-14-28-31(21)10-9-26-23(32)33)29-19-7-8-20(16(3)11-19)30(25)13-17-5-4-6-18(24)12-17;1-3-4-2;1-2-3-4;1-2/h4-12,14,26H,13,25H2,1-3H3,(H,32,33)(H,27,28,29);4H,3H2,1-2H3;4H,2-3H2,1H3;1-2H3/b10-9+;;;. The van der Waals surface area contributed by atoms with E-state index in [4.69, 9.17) is 16.1 Å². The van der Waals surface area contributed by atoms with E-state index in [0.717, 1.165) is 35.4 Å². The molecule has 1 heterocycles. The van der Waals surface area contributed by atoms with Crippen molar-refractivity contribution in [2.75, 3.05) is 25.2 Å². The Morgan fingerprint density at radius 1 is 1.21 bits per heavy atom. The highest BCUT2D eigenvalue weighted by Crippen LogP contribution is 2.26. The fourth-order valence-corrected chi connectivity index (χ4v) is 3.30. The summed E-state index contributed by atoms with van der Waals surface area (Å²) in [5, 5.41) is 24.9. The summed E-state index contributed by atoms with van der Waals surface area (Å²) in [6.45, 7) is 15.5. The van der Waals surface area contributed by atoms with Gasteiger partial charge in [-0.05, 0) is 87.8 Å². The van der Waals surface area contributed by atoms with Crippen molar-refractivity contribution in [1.29, 1.82) is 0 Å². The smallest absolute Gasteiger partial charge is 0.408 e. The molecule has 0 radical (unpaired) electrons. The first-order valence-electron chi connectivity index (χ1n) is 14.2. The number of carboxylic acid groups (broad SMARTS) is 1. The Balaban J connectivity index is 0.00000154. The van der Waals surface area contributed by atoms with Crippen LogP contribution in [0.5, 0.6) is 0 Å². The number of aliphatic hydroxyl groups is 1. The molecular formula is C31H49FN8O3. The monoisotopic (exact) mass is 600 g/mol. The molecule has 0 fully saturated rings. The van der Waals surface area contributed by atoms with Gasteiger partial charge >= 0.3 is 6.09 Å². The lowest BCUT2D eigenvalue weighted by atomic mass is 10.1. The Morgan fingerprint density at radius 2 is 1.86 bits per heavy atom. The summed E-state index contributed by atoms with van der Waals surface area (Å²) >= 11 is 0. The van der Waals surface area contributed by atoms with Crippen molar-refractivity contribution in [1.82, 2.24) is 21.1 Å². The van der Waals surface area contributed by atoms with E-state index in [1.54, 1.807) is 16.1 Å². The first kappa shape index (κ1) is 38.7. The summed E-state index contributed by atoms with van der Waals surface area (Å²) in [5.41, 5.74) is 7.69. The minimum Gasteiger partial charge on any atom is -0.465 e. The van der Waals surface area contributed by atoms with Crippen molar-refractivity contribution in [3.05, 3.63) is 83.1 Å². The van der Waals surface area contributed by atoms with Gasteiger partial charge in [0.15, 0.2) is 5.84 Å². The number of allylic oxidation sites excluding steroid dienone is 1. The van der Waals surface area contributed by atoms with Crippen LogP contribution >= 0.6 is 0 Å². The largest absolute Gasteiger partial charge is 0.465 e. The number of anilines is 1. The van der Waals surface area contributed by atoms with Crippen molar-refractivity contribution in [3.63, 3.8) is 0 Å². The molecule has 0 unspecified atom stereocenters. The molecule has 0 saturated carbocycles. The normalized spacial score (nSPS) is 12.7. The highest BCUT2D eigenvalue weighted by molar-refractivity contribution is 6.05. The van der Waals surface area contributed by atoms with E-state index in [1.165, 1.54) is 30.9 Å². The van der Waals surface area contributed by atoms with E-state index in [2.05, 4.69) is 33.0 Å². The Labute approximate surface area is 255 Å². The predicted octanol–water partition coefficient (Wildman–Crippen LogP) is 5.57. The second kappa shape index (κ2) is 22.4. The fourth-order valence-electron chi connectivity index (χ4n) is 3.30. The lowest BCUT2D eigenvalue weighted by molar-refractivity contribution is 0.198. The molecule has 0 saturated heterocycles. The van der Waals surface area contributed by atoms with Gasteiger partial charge in [0.1, 0.15) is 17.9 Å². The molecule has 0 aromatic heterocycles. The van der Waals surface area contributed by atoms with Crippen LogP contribution in [0, 0.1) is 12.7 Å². The number of aryl methyl sites for hydroxylation is 1. The molecule has 11 nitrogen and oxygen atoms in total. The molecule has 7 N–H and O–H groups in total. The minimum absolute atomic E-state index is 0.302. The maximum absolute atomic E-state index is 13.5. The first-order valence-corrected chi connectivity index (χ1v) is 14.2. The molecule has 43 heavy (non-hydrogen) atoms. The highest BCUT2D eigenvalue weighted by atomic mass is 19.1. The summed E-state index contributed by atoms with van der Waals surface area (Å²) in [7, 11) is 1.93. The highest BCUT2D eigenvalue weighted by Gasteiger charge is 2.19. The van der Waals surface area contributed by atoms with Crippen LogP contribution in [0.4, 0.5) is 20.6 Å². The number of nitrogens with one attached hydrogen (secondary N) is 3. The summed E-state index contributed by atoms with van der Waals surface area (Å²) < 4.78 is 13.5. The van der Waals surface area contributed by atoms with Gasteiger partial charge in [-0.1, -0.05) is 39.8 Å². The lowest BCUT2D eigenvalue weighted by Crippen LogP contribution is -2.39. The van der Waals surface area contributed by atoms with Crippen LogP contribution in [0.3, 0.4) is 0 Å². The number of amidine groups is 1. The number of rotatable bonds is 8. The molecule has 2 aromatic rings. The van der Waals surface area contributed by atoms with Crippen LogP contribution in [-0.4, -0.2) is 53.7 Å². The quantitative estimate of drug-likeness (QED) is 0.170. The molecular weight excluding hydrogens is 551 g/mol. The first-order chi connectivity index (χ1) is 20.6. The number of aliphatic imine (C=N–C) groups is 2. The second-order valence-corrected chi connectivity index (χ2v) is 8.97. The summed E-state index contributed by atoms with van der Waals surface area (Å²) in [6, 6.07) is 11.9. The number of halogens is 1. The number of hydrogen-bond acceptors (Lipinski definition) is 8. The molecule has 0 spiro atoms. The van der Waals surface area contributed by atoms with E-state index in [1.807, 2.05) is 72.9 Å². The Bertz CT molecular complexity index is 1220. The molecule has 2 aromatic carbocycles. The van der Waals surface area contributed by atoms with Crippen LogP contribution in [0.25, 0.3) is 0 Å². The summed E-state index contributed by atoms with van der Waals surface area (Å²) in [5.74, 6) is 6.40. The van der Waals surface area contributed by atoms with E-state index in [0.29, 0.717) is 30.4 Å². The Kier molecular flexibility index (Phi) is 20.1. The maximum Gasteiger partial charge on any atom is 0.408 e. The molecule has 3 rings (SSSR count). The number of amides is 1. The van der Waals surface area contributed by atoms with Gasteiger partial charge in [-0.25, -0.2) is 25.0 Å². The SMILES string of the molecule is CC.CC(C)=C1C(=Nc2ccc(N(N)Cc3cccc(F)c3)c(C)c2)N=CNN1/C=C/NC(=O)O.CCCO.CCNC. The summed E-state index contributed by atoms with van der Waals surface area (Å²) in [4.78, 5) is 19.7. The number of aliphatic hydroxyl groups excluding tert-OH is 1. The third kappa shape index (κ3) is 15.0. The predicted molar refractivity (Wildman–Crippen MR) is 176 cm³/mol. The van der Waals surface area contributed by atoms with Crippen LogP contribution < -0.4 is 26.9 Å². The molecule has 1 aliphatic heterocycles. The van der Waals surface area contributed by atoms with Crippen molar-refractivity contribution >= 4 is 29.6 Å². The molecule has 1 amide bonds. The average molecular weight is 601 g/mol. The van der Waals surface area contributed by atoms with Crippen LogP contribution in [0.2, 0.25) is 0 Å². The zero-order valence-corrected chi connectivity index (χ0v) is 26.6. The second-order valence-electron chi connectivity index (χ2n) is 8.97. The van der Waals surface area contributed by atoms with Crippen LogP contribution in [0.1, 0.15) is 59.1 Å². The molecule has 0 atom stereocenters. The third-order valence-electron chi connectivity index (χ3n) is 5.28. The van der Waals surface area contributed by atoms with E-state index < -0.39 is 6.09 Å². The van der Waals surface area contributed by atoms with Gasteiger partial charge in [0.05, 0.1) is 17.9 Å². The lowest BCUT2D eigenvalue weighted by Gasteiger charge is -2.27. The molecule has 12 heteroatoms. The van der Waals surface area contributed by atoms with Gasteiger partial charge in [-0.15, -0.1) is 0 Å². The zero-order valence-electron chi connectivity index (χ0n) is 26.6. The molecule has 238 valence electrons. The van der Waals surface area contributed by atoms with E-state index in [-0.39, 0.29) is 5.82 Å². The van der Waals surface area contributed by atoms with E-state index >= 15 is 0 Å². The zero-order chi connectivity index (χ0) is 32.8. The van der Waals surface area contributed by atoms with Gasteiger partial charge in [0.25, 0.3) is 0 Å². The average Bonchev–Trinajstić information content (AvgIpc) is 2.98. The van der Waals surface area contributed by atoms with Crippen molar-refractivity contribution in [2.45, 2.75) is 61.4 Å². The maximum atomic E-state index is 13.5. The Hall–Kier alpha value is -4.26. The number of carbonyl (C=O) groups is 1. The van der Waals surface area contributed by atoms with Crippen molar-refractivity contribution < 1.29 is 19.4 Å². The third-order valence-corrected chi connectivity index (χ3v) is 5.28. The molecule has 1 aliphatic rings. The van der Waals surface area contributed by atoms with Gasteiger partial charge in [0, 0.05) is 19.0 Å². The fraction of sp³-hybridized carbons (Fsp3) is 0.387. The molecule has 0 bridgehead atoms. The Morgan fingerprint density at radius 3 is 2.37 bits per heavy atom. The van der Waals surface area contributed by atoms with Crippen molar-refractivity contribution in [2.24, 2.45) is 15.8 Å². The van der Waals surface area contributed by atoms with Crippen LogP contribution in [0.15, 0.2) is 76.1 Å². The number of nitrogens with two attached hydrogens (primary N) is 1. The number of nitrogens with zero attached hydrogens (tertiary/aromatic N) is 4.